The zero-order valence-corrected chi connectivity index (χ0v) is 8.34. The molecule has 1 saturated carbocycles. The summed E-state index contributed by atoms with van der Waals surface area (Å²) < 4.78 is 11.8. The molecule has 1 fully saturated rings. The molecule has 4 heteroatoms. The number of carboxylic acids is 1. The predicted octanol–water partition coefficient (Wildman–Crippen LogP) is 1.58. The number of hydrogen-bond acceptors (Lipinski definition) is 2. The summed E-state index contributed by atoms with van der Waals surface area (Å²) >= 11 is 0. The topological polar surface area (TPSA) is 49.3 Å². The molecule has 0 bridgehead atoms. The molecule has 0 amide bonds. The van der Waals surface area contributed by atoms with E-state index in [0.29, 0.717) is 19.0 Å². The molecule has 0 aliphatic heterocycles. The van der Waals surface area contributed by atoms with Crippen molar-refractivity contribution in [2.75, 3.05) is 13.2 Å². The van der Waals surface area contributed by atoms with E-state index >= 15 is 0 Å². The summed E-state index contributed by atoms with van der Waals surface area (Å²) in [6.45, 7) is 0.427. The fraction of sp³-hybridized carbons (Fsp3) is 0.900. The van der Waals surface area contributed by atoms with Crippen molar-refractivity contribution >= 4 is 5.97 Å². The third kappa shape index (κ3) is 3.62. The molecule has 0 atom stereocenters. The van der Waals surface area contributed by atoms with Gasteiger partial charge in [-0.3, -0.25) is 9.18 Å². The number of carbonyl (C=O) groups is 1. The number of aliphatic carboxylic acids is 1. The van der Waals surface area contributed by atoms with Crippen LogP contribution in [0.1, 0.15) is 32.1 Å². The highest BCUT2D eigenvalue weighted by atomic mass is 19.1. The Morgan fingerprint density at radius 3 is 2.50 bits per heavy atom. The van der Waals surface area contributed by atoms with Gasteiger partial charge in [0.2, 0.25) is 0 Å². The normalized spacial score (nSPS) is 27.5. The van der Waals surface area contributed by atoms with Gasteiger partial charge in [-0.1, -0.05) is 0 Å². The second-order valence-electron chi connectivity index (χ2n) is 3.88. The highest BCUT2D eigenvalue weighted by molar-refractivity contribution is 5.70. The van der Waals surface area contributed by atoms with E-state index in [9.17, 15) is 9.18 Å². The van der Waals surface area contributed by atoms with Crippen LogP contribution >= 0.6 is 0 Å². The molecule has 0 radical (unpaired) electrons. The summed E-state index contributed by atoms with van der Waals surface area (Å²) in [6, 6.07) is 0.400. The molecule has 1 aliphatic rings. The van der Waals surface area contributed by atoms with Gasteiger partial charge in [0.25, 0.3) is 0 Å². The monoisotopic (exact) mass is 203 g/mol. The van der Waals surface area contributed by atoms with Gasteiger partial charge in [0.15, 0.2) is 0 Å². The number of carboxylic acid groups (broad SMARTS) is 1. The Balaban J connectivity index is 2.12. The Hall–Kier alpha value is -0.640. The lowest BCUT2D eigenvalue weighted by Crippen LogP contribution is -2.35. The Morgan fingerprint density at radius 1 is 1.36 bits per heavy atom. The van der Waals surface area contributed by atoms with Gasteiger partial charge < -0.3 is 10.4 Å². The molecular formula is C10H18FNO2. The quantitative estimate of drug-likeness (QED) is 0.667. The van der Waals surface area contributed by atoms with Crippen LogP contribution in [0, 0.1) is 5.92 Å². The minimum Gasteiger partial charge on any atom is -0.481 e. The van der Waals surface area contributed by atoms with Crippen molar-refractivity contribution < 1.29 is 14.3 Å². The average molecular weight is 203 g/mol. The van der Waals surface area contributed by atoms with Gasteiger partial charge in [0.1, 0.15) is 0 Å². The van der Waals surface area contributed by atoms with Gasteiger partial charge in [0, 0.05) is 6.04 Å². The number of hydrogen-bond donors (Lipinski definition) is 2. The fourth-order valence-electron chi connectivity index (χ4n) is 1.92. The largest absolute Gasteiger partial charge is 0.481 e. The first-order valence-corrected chi connectivity index (χ1v) is 5.26. The number of halogens is 1. The highest BCUT2D eigenvalue weighted by Gasteiger charge is 2.25. The van der Waals surface area contributed by atoms with Gasteiger partial charge in [-0.15, -0.1) is 0 Å². The minimum absolute atomic E-state index is 0.158. The zero-order chi connectivity index (χ0) is 10.4. The first kappa shape index (κ1) is 11.4. The van der Waals surface area contributed by atoms with E-state index in [2.05, 4.69) is 5.32 Å². The lowest BCUT2D eigenvalue weighted by atomic mass is 9.86. The van der Waals surface area contributed by atoms with Crippen molar-refractivity contribution in [3.63, 3.8) is 0 Å². The Bertz CT molecular complexity index is 179. The maximum atomic E-state index is 11.8. The fourth-order valence-corrected chi connectivity index (χ4v) is 1.92. The average Bonchev–Trinajstić information content (AvgIpc) is 2.19. The van der Waals surface area contributed by atoms with Gasteiger partial charge in [-0.2, -0.15) is 0 Å². The van der Waals surface area contributed by atoms with Crippen LogP contribution in [0.5, 0.6) is 0 Å². The van der Waals surface area contributed by atoms with Crippen LogP contribution in [-0.2, 0) is 4.79 Å². The van der Waals surface area contributed by atoms with Gasteiger partial charge in [0.05, 0.1) is 12.6 Å². The maximum absolute atomic E-state index is 11.8. The number of nitrogens with one attached hydrogen (secondary N) is 1. The molecule has 0 saturated heterocycles. The first-order chi connectivity index (χ1) is 6.74. The van der Waals surface area contributed by atoms with E-state index in [1.165, 1.54) is 0 Å². The summed E-state index contributed by atoms with van der Waals surface area (Å²) in [6.07, 6.45) is 3.87. The summed E-state index contributed by atoms with van der Waals surface area (Å²) in [5.41, 5.74) is 0. The van der Waals surface area contributed by atoms with E-state index in [0.717, 1.165) is 25.7 Å². The van der Waals surface area contributed by atoms with E-state index in [4.69, 9.17) is 5.11 Å². The van der Waals surface area contributed by atoms with Gasteiger partial charge >= 0.3 is 5.97 Å². The van der Waals surface area contributed by atoms with Crippen molar-refractivity contribution in [3.05, 3.63) is 0 Å². The lowest BCUT2D eigenvalue weighted by molar-refractivity contribution is -0.142. The van der Waals surface area contributed by atoms with Gasteiger partial charge in [-0.25, -0.2) is 0 Å². The molecule has 0 spiro atoms. The van der Waals surface area contributed by atoms with Crippen LogP contribution in [-0.4, -0.2) is 30.3 Å². The van der Waals surface area contributed by atoms with Crippen LogP contribution in [0.15, 0.2) is 0 Å². The second kappa shape index (κ2) is 5.96. The van der Waals surface area contributed by atoms with E-state index in [1.807, 2.05) is 0 Å². The van der Waals surface area contributed by atoms with Crippen molar-refractivity contribution in [1.82, 2.24) is 5.32 Å². The van der Waals surface area contributed by atoms with Crippen molar-refractivity contribution in [3.8, 4) is 0 Å². The Kier molecular flexibility index (Phi) is 4.87. The molecule has 0 unspecified atom stereocenters. The molecule has 3 nitrogen and oxygen atoms in total. The summed E-state index contributed by atoms with van der Waals surface area (Å²) in [4.78, 5) is 10.7. The molecule has 82 valence electrons. The molecule has 2 N–H and O–H groups in total. The maximum Gasteiger partial charge on any atom is 0.306 e. The van der Waals surface area contributed by atoms with E-state index < -0.39 is 5.97 Å². The smallest absolute Gasteiger partial charge is 0.306 e. The standard InChI is InChI=1S/C10H18FNO2/c11-6-1-7-12-9-4-2-8(3-5-9)10(13)14/h8-9,12H,1-7H2,(H,13,14). The summed E-state index contributed by atoms with van der Waals surface area (Å²) in [5, 5.41) is 12.0. The van der Waals surface area contributed by atoms with E-state index in [-0.39, 0.29) is 12.6 Å². The van der Waals surface area contributed by atoms with Crippen molar-refractivity contribution in [1.29, 1.82) is 0 Å². The molecule has 0 aromatic rings. The molecule has 0 aromatic carbocycles. The second-order valence-corrected chi connectivity index (χ2v) is 3.88. The van der Waals surface area contributed by atoms with Crippen LogP contribution in [0.25, 0.3) is 0 Å². The zero-order valence-electron chi connectivity index (χ0n) is 8.34. The van der Waals surface area contributed by atoms with Crippen LogP contribution < -0.4 is 5.32 Å². The highest BCUT2D eigenvalue weighted by Crippen LogP contribution is 2.24. The minimum atomic E-state index is -0.674. The lowest BCUT2D eigenvalue weighted by Gasteiger charge is -2.26. The molecule has 0 aromatic heterocycles. The molecular weight excluding hydrogens is 185 g/mol. The Morgan fingerprint density at radius 2 is 2.00 bits per heavy atom. The first-order valence-electron chi connectivity index (χ1n) is 5.26. The summed E-state index contributed by atoms with van der Waals surface area (Å²) in [7, 11) is 0. The van der Waals surface area contributed by atoms with Gasteiger partial charge in [-0.05, 0) is 38.6 Å². The third-order valence-corrected chi connectivity index (χ3v) is 2.82. The molecule has 0 heterocycles. The Labute approximate surface area is 83.7 Å². The molecule has 14 heavy (non-hydrogen) atoms. The van der Waals surface area contributed by atoms with Crippen LogP contribution in [0.4, 0.5) is 4.39 Å². The number of alkyl halides is 1. The SMILES string of the molecule is O=C(O)C1CCC(NCCCF)CC1. The third-order valence-electron chi connectivity index (χ3n) is 2.82. The molecule has 1 rings (SSSR count). The van der Waals surface area contributed by atoms with Crippen molar-refractivity contribution in [2.24, 2.45) is 5.92 Å². The van der Waals surface area contributed by atoms with Crippen LogP contribution in [0.3, 0.4) is 0 Å². The number of rotatable bonds is 5. The van der Waals surface area contributed by atoms with Crippen LogP contribution in [0.2, 0.25) is 0 Å². The summed E-state index contributed by atoms with van der Waals surface area (Å²) in [5.74, 6) is -0.832. The van der Waals surface area contributed by atoms with E-state index in [1.54, 1.807) is 0 Å². The predicted molar refractivity (Wildman–Crippen MR) is 52.0 cm³/mol. The van der Waals surface area contributed by atoms with Crippen molar-refractivity contribution in [2.45, 2.75) is 38.1 Å². The molecule has 1 aliphatic carbocycles.